The minimum Gasteiger partial charge on any atom is -0.467 e. The van der Waals surface area contributed by atoms with E-state index in [4.69, 9.17) is 4.42 Å². The number of benzene rings is 1. The second-order valence-electron chi connectivity index (χ2n) is 6.38. The third-order valence-corrected chi connectivity index (χ3v) is 4.39. The van der Waals surface area contributed by atoms with E-state index in [1.54, 1.807) is 41.5 Å². The summed E-state index contributed by atoms with van der Waals surface area (Å²) in [6.45, 7) is 0.200. The number of carbonyl (C=O) groups excluding carboxylic acids is 1. The van der Waals surface area contributed by atoms with Gasteiger partial charge in [-0.05, 0) is 42.5 Å². The molecule has 30 heavy (non-hydrogen) atoms. The van der Waals surface area contributed by atoms with Crippen LogP contribution < -0.4 is 5.32 Å². The Balaban J connectivity index is 1.69. The van der Waals surface area contributed by atoms with Crippen LogP contribution in [0.5, 0.6) is 0 Å². The van der Waals surface area contributed by atoms with Crippen LogP contribution in [0.25, 0.3) is 23.0 Å². The average Bonchev–Trinajstić information content (AvgIpc) is 3.47. The Bertz CT molecular complexity index is 1200. The van der Waals surface area contributed by atoms with Gasteiger partial charge in [0.05, 0.1) is 18.5 Å². The number of aromatic nitrogens is 3. The summed E-state index contributed by atoms with van der Waals surface area (Å²) in [6.07, 6.45) is 8.21. The number of pyridine rings is 1. The third-order valence-electron chi connectivity index (χ3n) is 4.39. The summed E-state index contributed by atoms with van der Waals surface area (Å²) < 4.78 is 6.93. The highest BCUT2D eigenvalue weighted by Crippen LogP contribution is 2.25. The molecule has 4 aromatic rings. The Hall–Kier alpha value is -4.44. The standard InChI is InChI=1S/C23H17N5O2/c24-14-18(23(29)26-15-21-7-4-12-30-21)13-19-16-28(20-5-2-1-3-6-20)27-22(19)17-8-10-25-11-9-17/h1-13,16H,15H2,(H,26,29)/b18-13+. The van der Waals surface area contributed by atoms with Gasteiger partial charge in [0.15, 0.2) is 0 Å². The van der Waals surface area contributed by atoms with Crippen molar-refractivity contribution in [1.82, 2.24) is 20.1 Å². The molecule has 146 valence electrons. The fraction of sp³-hybridized carbons (Fsp3) is 0.0435. The van der Waals surface area contributed by atoms with Gasteiger partial charge in [0.2, 0.25) is 0 Å². The summed E-state index contributed by atoms with van der Waals surface area (Å²) in [7, 11) is 0. The number of nitriles is 1. The first-order valence-corrected chi connectivity index (χ1v) is 9.22. The summed E-state index contributed by atoms with van der Waals surface area (Å²) in [5.74, 6) is 0.122. The average molecular weight is 395 g/mol. The number of furan rings is 1. The van der Waals surface area contributed by atoms with Gasteiger partial charge in [-0.15, -0.1) is 0 Å². The zero-order chi connectivity index (χ0) is 20.8. The molecule has 7 heteroatoms. The fourth-order valence-corrected chi connectivity index (χ4v) is 2.92. The molecule has 0 aliphatic rings. The zero-order valence-electron chi connectivity index (χ0n) is 15.9. The molecule has 0 saturated heterocycles. The Morgan fingerprint density at radius 2 is 1.93 bits per heavy atom. The van der Waals surface area contributed by atoms with Crippen LogP contribution in [0.4, 0.5) is 0 Å². The number of amides is 1. The van der Waals surface area contributed by atoms with Crippen LogP contribution in [-0.2, 0) is 11.3 Å². The monoisotopic (exact) mass is 395 g/mol. The van der Waals surface area contributed by atoms with Crippen LogP contribution in [-0.4, -0.2) is 20.7 Å². The Kier molecular flexibility index (Phi) is 5.49. The molecule has 0 aliphatic carbocycles. The van der Waals surface area contributed by atoms with Crippen LogP contribution in [0.1, 0.15) is 11.3 Å². The van der Waals surface area contributed by atoms with Crippen LogP contribution >= 0.6 is 0 Å². The van der Waals surface area contributed by atoms with E-state index in [-0.39, 0.29) is 12.1 Å². The lowest BCUT2D eigenvalue weighted by Crippen LogP contribution is -2.23. The number of hydrogen-bond donors (Lipinski definition) is 1. The smallest absolute Gasteiger partial charge is 0.262 e. The van der Waals surface area contributed by atoms with Crippen LogP contribution in [0.2, 0.25) is 0 Å². The molecule has 0 unspecified atom stereocenters. The quantitative estimate of drug-likeness (QED) is 0.396. The van der Waals surface area contributed by atoms with Crippen molar-refractivity contribution in [2.24, 2.45) is 0 Å². The van der Waals surface area contributed by atoms with E-state index in [0.29, 0.717) is 17.0 Å². The maximum atomic E-state index is 12.5. The van der Waals surface area contributed by atoms with E-state index < -0.39 is 5.91 Å². The van der Waals surface area contributed by atoms with Crippen LogP contribution in [0.3, 0.4) is 0 Å². The van der Waals surface area contributed by atoms with Crippen molar-refractivity contribution in [3.8, 4) is 23.0 Å². The van der Waals surface area contributed by atoms with E-state index in [2.05, 4.69) is 15.4 Å². The molecule has 0 radical (unpaired) electrons. The second-order valence-corrected chi connectivity index (χ2v) is 6.38. The van der Waals surface area contributed by atoms with Gasteiger partial charge in [0.25, 0.3) is 5.91 Å². The number of nitrogens with one attached hydrogen (secondary N) is 1. The molecule has 1 amide bonds. The van der Waals surface area contributed by atoms with Crippen molar-refractivity contribution in [3.05, 3.63) is 96.3 Å². The summed E-state index contributed by atoms with van der Waals surface area (Å²) in [5, 5.41) is 16.9. The van der Waals surface area contributed by atoms with E-state index >= 15 is 0 Å². The minimum absolute atomic E-state index is 0.0236. The number of nitrogens with zero attached hydrogens (tertiary/aromatic N) is 4. The Labute approximate surface area is 172 Å². The van der Waals surface area contributed by atoms with Gasteiger partial charge in [0.1, 0.15) is 23.1 Å². The van der Waals surface area contributed by atoms with E-state index in [0.717, 1.165) is 11.3 Å². The molecule has 0 atom stereocenters. The van der Waals surface area contributed by atoms with Crippen molar-refractivity contribution in [2.75, 3.05) is 0 Å². The first-order valence-electron chi connectivity index (χ1n) is 9.22. The predicted molar refractivity (Wildman–Crippen MR) is 111 cm³/mol. The van der Waals surface area contributed by atoms with Gasteiger partial charge < -0.3 is 9.73 Å². The lowest BCUT2D eigenvalue weighted by atomic mass is 10.1. The molecule has 4 rings (SSSR count). The molecular weight excluding hydrogens is 378 g/mol. The number of hydrogen-bond acceptors (Lipinski definition) is 5. The topological polar surface area (TPSA) is 96.7 Å². The minimum atomic E-state index is -0.484. The lowest BCUT2D eigenvalue weighted by molar-refractivity contribution is -0.117. The molecular formula is C23H17N5O2. The highest BCUT2D eigenvalue weighted by Gasteiger charge is 2.15. The normalized spacial score (nSPS) is 11.1. The van der Waals surface area contributed by atoms with Crippen LogP contribution in [0.15, 0.2) is 89.4 Å². The van der Waals surface area contributed by atoms with Crippen molar-refractivity contribution < 1.29 is 9.21 Å². The Morgan fingerprint density at radius 3 is 2.63 bits per heavy atom. The number of carbonyl (C=O) groups is 1. The van der Waals surface area contributed by atoms with Gasteiger partial charge in [-0.1, -0.05) is 18.2 Å². The molecule has 7 nitrogen and oxygen atoms in total. The van der Waals surface area contributed by atoms with Crippen molar-refractivity contribution in [1.29, 1.82) is 5.26 Å². The summed E-state index contributed by atoms with van der Waals surface area (Å²) >= 11 is 0. The molecule has 1 aromatic carbocycles. The SMILES string of the molecule is N#C/C(=C\c1cn(-c2ccccc2)nc1-c1ccncc1)C(=O)NCc1ccco1. The first kappa shape index (κ1) is 18.9. The maximum absolute atomic E-state index is 12.5. The molecule has 0 spiro atoms. The predicted octanol–water partition coefficient (Wildman–Crippen LogP) is 3.75. The third kappa shape index (κ3) is 4.18. The van der Waals surface area contributed by atoms with Gasteiger partial charge in [0, 0.05) is 29.7 Å². The van der Waals surface area contributed by atoms with E-state index in [1.165, 1.54) is 6.26 Å². The summed E-state index contributed by atoms with van der Waals surface area (Å²) in [6, 6.07) is 18.7. The van der Waals surface area contributed by atoms with Gasteiger partial charge in [-0.2, -0.15) is 10.4 Å². The molecule has 0 saturated carbocycles. The van der Waals surface area contributed by atoms with Crippen LogP contribution in [0, 0.1) is 11.3 Å². The van der Waals surface area contributed by atoms with Gasteiger partial charge in [-0.25, -0.2) is 4.68 Å². The Morgan fingerprint density at radius 1 is 1.13 bits per heavy atom. The van der Waals surface area contributed by atoms with Crippen molar-refractivity contribution in [3.63, 3.8) is 0 Å². The summed E-state index contributed by atoms with van der Waals surface area (Å²) in [5.41, 5.74) is 2.97. The largest absolute Gasteiger partial charge is 0.467 e. The molecule has 1 N–H and O–H groups in total. The highest BCUT2D eigenvalue weighted by atomic mass is 16.3. The van der Waals surface area contributed by atoms with Crippen molar-refractivity contribution in [2.45, 2.75) is 6.54 Å². The first-order chi connectivity index (χ1) is 14.7. The summed E-state index contributed by atoms with van der Waals surface area (Å²) in [4.78, 5) is 16.6. The molecule has 0 fully saturated rings. The maximum Gasteiger partial charge on any atom is 0.262 e. The zero-order valence-corrected chi connectivity index (χ0v) is 15.9. The van der Waals surface area contributed by atoms with E-state index in [1.807, 2.05) is 48.5 Å². The lowest BCUT2D eigenvalue weighted by Gasteiger charge is -2.02. The number of rotatable bonds is 6. The molecule has 0 bridgehead atoms. The molecule has 3 heterocycles. The second kappa shape index (κ2) is 8.71. The molecule has 3 aromatic heterocycles. The molecule has 0 aliphatic heterocycles. The van der Waals surface area contributed by atoms with Gasteiger partial charge in [-0.3, -0.25) is 9.78 Å². The number of para-hydroxylation sites is 1. The van der Waals surface area contributed by atoms with Gasteiger partial charge >= 0.3 is 0 Å². The fourth-order valence-electron chi connectivity index (χ4n) is 2.92. The van der Waals surface area contributed by atoms with Crippen molar-refractivity contribution >= 4 is 12.0 Å². The highest BCUT2D eigenvalue weighted by molar-refractivity contribution is 6.02. The van der Waals surface area contributed by atoms with E-state index in [9.17, 15) is 10.1 Å².